The van der Waals surface area contributed by atoms with Gasteiger partial charge >= 0.3 is 6.09 Å². The molecule has 0 heterocycles. The van der Waals surface area contributed by atoms with E-state index in [0.29, 0.717) is 19.6 Å². The Morgan fingerprint density at radius 1 is 0.938 bits per heavy atom. The summed E-state index contributed by atoms with van der Waals surface area (Å²) in [7, 11) is -4.07. The van der Waals surface area contributed by atoms with Gasteiger partial charge in [0.15, 0.2) is 16.6 Å². The van der Waals surface area contributed by atoms with Crippen LogP contribution >= 0.6 is 0 Å². The van der Waals surface area contributed by atoms with E-state index in [0.717, 1.165) is 0 Å². The van der Waals surface area contributed by atoms with E-state index in [-0.39, 0.29) is 22.2 Å². The van der Waals surface area contributed by atoms with Crippen LogP contribution in [0, 0.1) is 12.3 Å². The summed E-state index contributed by atoms with van der Waals surface area (Å²) in [5.41, 5.74) is -0.585. The highest BCUT2D eigenvalue weighted by molar-refractivity contribution is 6.74. The summed E-state index contributed by atoms with van der Waals surface area (Å²) in [6, 6.07) is -0.321. The van der Waals surface area contributed by atoms with E-state index >= 15 is 0 Å². The fourth-order valence-electron chi connectivity index (χ4n) is 2.66. The predicted octanol–water partition coefficient (Wildman–Crippen LogP) is 7.05. The van der Waals surface area contributed by atoms with Crippen LogP contribution in [0.4, 0.5) is 4.79 Å². The summed E-state index contributed by atoms with van der Waals surface area (Å²) >= 11 is 0. The van der Waals surface area contributed by atoms with Gasteiger partial charge in [0.2, 0.25) is 0 Å². The predicted molar refractivity (Wildman–Crippen MR) is 141 cm³/mol. The molecule has 0 aliphatic heterocycles. The van der Waals surface area contributed by atoms with Crippen molar-refractivity contribution < 1.29 is 18.4 Å². The van der Waals surface area contributed by atoms with Gasteiger partial charge in [0.05, 0.1) is 6.04 Å². The summed E-state index contributed by atoms with van der Waals surface area (Å²) in [5, 5.41) is 0.120. The Bertz CT molecular complexity index is 649. The van der Waals surface area contributed by atoms with Crippen LogP contribution in [-0.2, 0) is 13.6 Å². The van der Waals surface area contributed by atoms with Crippen molar-refractivity contribution in [1.82, 2.24) is 4.90 Å². The molecule has 0 aromatic rings. The van der Waals surface area contributed by atoms with Gasteiger partial charge in [-0.3, -0.25) is 0 Å². The van der Waals surface area contributed by atoms with Crippen LogP contribution in [-0.4, -0.2) is 58.5 Å². The van der Waals surface area contributed by atoms with Crippen molar-refractivity contribution in [2.45, 2.75) is 130 Å². The molecule has 2 atom stereocenters. The number of nitrogens with zero attached hydrogens (tertiary/aromatic N) is 1. The average Bonchev–Trinajstić information content (AvgIpc) is 2.55. The number of hydrogen-bond donors (Lipinski definition) is 0. The Morgan fingerprint density at radius 3 is 1.75 bits per heavy atom. The van der Waals surface area contributed by atoms with E-state index in [9.17, 15) is 4.79 Å². The highest BCUT2D eigenvalue weighted by atomic mass is 28.4. The minimum Gasteiger partial charge on any atom is -0.444 e. The maximum absolute atomic E-state index is 13.1. The lowest BCUT2D eigenvalue weighted by molar-refractivity contribution is 0.00197. The van der Waals surface area contributed by atoms with Crippen LogP contribution in [0.15, 0.2) is 0 Å². The van der Waals surface area contributed by atoms with Crippen LogP contribution in [0.2, 0.25) is 36.3 Å². The monoisotopic (exact) mass is 485 g/mol. The molecule has 0 aliphatic rings. The second-order valence-corrected chi connectivity index (χ2v) is 22.3. The number of carbonyl (C=O) groups excluding carboxylic acids is 1. The number of likely N-dealkylation sites (N-methyl/N-ethyl adjacent to an activating group) is 1. The van der Waals surface area contributed by atoms with Crippen LogP contribution in [0.25, 0.3) is 0 Å². The van der Waals surface area contributed by atoms with Gasteiger partial charge in [-0.25, -0.2) is 4.79 Å². The second kappa shape index (κ2) is 11.1. The van der Waals surface area contributed by atoms with Crippen molar-refractivity contribution in [3.8, 4) is 12.3 Å². The first kappa shape index (κ1) is 31.2. The Labute approximate surface area is 201 Å². The molecule has 0 aliphatic carbocycles. The molecule has 7 heteroatoms. The molecule has 0 saturated heterocycles. The largest absolute Gasteiger partial charge is 0.444 e. The second-order valence-electron chi connectivity index (χ2n) is 12.7. The van der Waals surface area contributed by atoms with Gasteiger partial charge in [-0.05, 0) is 70.4 Å². The van der Waals surface area contributed by atoms with Gasteiger partial charge in [-0.2, -0.15) is 0 Å². The lowest BCUT2D eigenvalue weighted by Gasteiger charge is -2.43. The van der Waals surface area contributed by atoms with Gasteiger partial charge in [-0.1, -0.05) is 47.5 Å². The fourth-order valence-corrected chi connectivity index (χ4v) is 4.93. The molecule has 0 aromatic carbocycles. The summed E-state index contributed by atoms with van der Waals surface area (Å²) in [6.45, 7) is 30.7. The van der Waals surface area contributed by atoms with Crippen LogP contribution in [0.3, 0.4) is 0 Å². The molecule has 5 nitrogen and oxygen atoms in total. The molecule has 0 rings (SSSR count). The molecule has 0 saturated carbocycles. The number of hydrogen-bond acceptors (Lipinski definition) is 4. The van der Waals surface area contributed by atoms with E-state index in [1.165, 1.54) is 0 Å². The summed E-state index contributed by atoms with van der Waals surface area (Å²) in [6.07, 6.45) is 5.72. The number of terminal acetylenes is 1. The van der Waals surface area contributed by atoms with Crippen molar-refractivity contribution in [3.63, 3.8) is 0 Å². The van der Waals surface area contributed by atoms with Crippen molar-refractivity contribution in [2.75, 3.05) is 13.2 Å². The van der Waals surface area contributed by atoms with E-state index < -0.39 is 28.3 Å². The fraction of sp³-hybridized carbons (Fsp3) is 0.880. The van der Waals surface area contributed by atoms with Gasteiger partial charge in [0.1, 0.15) is 11.7 Å². The minimum atomic E-state index is -2.15. The van der Waals surface area contributed by atoms with E-state index in [1.807, 2.05) is 27.7 Å². The van der Waals surface area contributed by atoms with E-state index in [1.54, 1.807) is 4.90 Å². The highest BCUT2D eigenvalue weighted by Gasteiger charge is 2.43. The zero-order valence-electron chi connectivity index (χ0n) is 23.4. The smallest absolute Gasteiger partial charge is 0.410 e. The summed E-state index contributed by atoms with van der Waals surface area (Å²) < 4.78 is 18.8. The first-order valence-corrected chi connectivity index (χ1v) is 17.7. The molecular weight excluding hydrogens is 434 g/mol. The topological polar surface area (TPSA) is 48.0 Å². The molecule has 0 bridgehead atoms. The zero-order chi connectivity index (χ0) is 25.8. The number of rotatable bonds is 9. The van der Waals surface area contributed by atoms with E-state index in [4.69, 9.17) is 20.0 Å². The zero-order valence-corrected chi connectivity index (χ0v) is 25.4. The van der Waals surface area contributed by atoms with Crippen molar-refractivity contribution in [2.24, 2.45) is 0 Å². The first-order chi connectivity index (χ1) is 14.1. The molecule has 0 spiro atoms. The Hall–Kier alpha value is -0.816. The standard InChI is InChI=1S/C25H51NO4Si2/c1-16-21(30-32(14,15)25(9,10)11)20(18-19-28-31(12,13)24(6,7)8)26(17-2)22(27)29-23(3,4)5/h1,20-21H,17-19H2,2-15H3/t20-,21-/m0/s1. The SMILES string of the molecule is C#C[C@H](O[Si](C)(C)C(C)(C)C)[C@H](CCO[Si](C)(C)C(C)(C)C)N(CC)C(=O)OC(C)(C)C. The van der Waals surface area contributed by atoms with Gasteiger partial charge in [0, 0.05) is 13.2 Å². The van der Waals surface area contributed by atoms with Gasteiger partial charge in [-0.15, -0.1) is 6.42 Å². The normalized spacial score (nSPS) is 15.7. The quantitative estimate of drug-likeness (QED) is 0.259. The number of amides is 1. The number of carbonyl (C=O) groups is 1. The maximum Gasteiger partial charge on any atom is 0.410 e. The molecule has 32 heavy (non-hydrogen) atoms. The molecule has 0 radical (unpaired) electrons. The van der Waals surface area contributed by atoms with Crippen LogP contribution in [0.1, 0.15) is 75.7 Å². The van der Waals surface area contributed by atoms with Crippen LogP contribution in [0.5, 0.6) is 0 Å². The third kappa shape index (κ3) is 9.20. The minimum absolute atomic E-state index is 0.00720. The molecular formula is C25H51NO4Si2. The molecule has 0 unspecified atom stereocenters. The Balaban J connectivity index is 5.94. The Morgan fingerprint density at radius 2 is 1.41 bits per heavy atom. The van der Waals surface area contributed by atoms with E-state index in [2.05, 4.69) is 73.7 Å². The Kier molecular flexibility index (Phi) is 10.8. The van der Waals surface area contributed by atoms with Crippen molar-refractivity contribution >= 4 is 22.7 Å². The average molecular weight is 486 g/mol. The first-order valence-electron chi connectivity index (χ1n) is 11.9. The molecule has 0 fully saturated rings. The van der Waals surface area contributed by atoms with Gasteiger partial charge < -0.3 is 18.5 Å². The number of ether oxygens (including phenoxy) is 1. The molecule has 0 N–H and O–H groups in total. The maximum atomic E-state index is 13.1. The summed E-state index contributed by atoms with van der Waals surface area (Å²) in [4.78, 5) is 14.8. The van der Waals surface area contributed by atoms with Gasteiger partial charge in [0.25, 0.3) is 0 Å². The molecule has 0 aromatic heterocycles. The third-order valence-corrected chi connectivity index (χ3v) is 15.8. The third-order valence-electron chi connectivity index (χ3n) is 6.79. The lowest BCUT2D eigenvalue weighted by atomic mass is 10.1. The molecule has 188 valence electrons. The molecule has 1 amide bonds. The summed E-state index contributed by atoms with van der Waals surface area (Å²) in [5.74, 6) is 2.86. The highest BCUT2D eigenvalue weighted by Crippen LogP contribution is 2.39. The van der Waals surface area contributed by atoms with Crippen molar-refractivity contribution in [3.05, 3.63) is 0 Å². The lowest BCUT2D eigenvalue weighted by Crippen LogP contribution is -2.54. The van der Waals surface area contributed by atoms with Crippen molar-refractivity contribution in [1.29, 1.82) is 0 Å². The van der Waals surface area contributed by atoms with Crippen LogP contribution < -0.4 is 0 Å².